The highest BCUT2D eigenvalue weighted by molar-refractivity contribution is 7.92. The molecule has 1 aromatic carbocycles. The first kappa shape index (κ1) is 7.76. The molecule has 1 aliphatic rings. The zero-order valence-corrected chi connectivity index (χ0v) is 7.12. The predicted octanol–water partition coefficient (Wildman–Crippen LogP) is 0.817. The quantitative estimate of drug-likeness (QED) is 0.639. The van der Waals surface area contributed by atoms with Crippen LogP contribution in [0.2, 0.25) is 0 Å². The molecule has 2 rings (SSSR count). The Balaban J connectivity index is 2.42. The summed E-state index contributed by atoms with van der Waals surface area (Å²) in [5.41, 5.74) is -0.597. The Labute approximate surface area is 70.9 Å². The molecular weight excluding hydrogens is 176 g/mol. The molecule has 1 fully saturated rings. The van der Waals surface area contributed by atoms with Crippen molar-refractivity contribution in [2.45, 2.75) is 10.3 Å². The molecule has 1 atom stereocenters. The molecule has 1 aromatic rings. The molecule has 0 amide bonds. The van der Waals surface area contributed by atoms with E-state index in [1.54, 1.807) is 30.3 Å². The maximum absolute atomic E-state index is 11.5. The molecule has 1 heterocycles. The Hall–Kier alpha value is -0.870. The molecule has 0 bridgehead atoms. The van der Waals surface area contributed by atoms with Crippen molar-refractivity contribution in [1.29, 1.82) is 0 Å². The third-order valence-electron chi connectivity index (χ3n) is 1.72. The third kappa shape index (κ3) is 1.23. The van der Waals surface area contributed by atoms with Crippen LogP contribution in [0.3, 0.4) is 0 Å². The van der Waals surface area contributed by atoms with Crippen molar-refractivity contribution in [3.8, 4) is 0 Å². The van der Waals surface area contributed by atoms with E-state index in [2.05, 4.69) is 0 Å². The van der Waals surface area contributed by atoms with Gasteiger partial charge < -0.3 is 4.74 Å². The zero-order valence-electron chi connectivity index (χ0n) is 6.30. The first-order chi connectivity index (χ1) is 5.71. The number of sulfone groups is 1. The third-order valence-corrected chi connectivity index (χ3v) is 3.61. The van der Waals surface area contributed by atoms with Gasteiger partial charge in [0.25, 0.3) is 0 Å². The van der Waals surface area contributed by atoms with Crippen LogP contribution in [0.25, 0.3) is 0 Å². The van der Waals surface area contributed by atoms with Crippen molar-refractivity contribution in [2.24, 2.45) is 0 Å². The number of epoxide rings is 1. The molecular formula is C8H8O3S. The van der Waals surface area contributed by atoms with Gasteiger partial charge in [0.2, 0.25) is 9.84 Å². The number of benzene rings is 1. The van der Waals surface area contributed by atoms with Crippen LogP contribution in [0.15, 0.2) is 35.2 Å². The van der Waals surface area contributed by atoms with Gasteiger partial charge in [0, 0.05) is 0 Å². The summed E-state index contributed by atoms with van der Waals surface area (Å²) in [4.78, 5) is 0.340. The van der Waals surface area contributed by atoms with Crippen molar-refractivity contribution in [3.63, 3.8) is 0 Å². The molecule has 12 heavy (non-hydrogen) atoms. The van der Waals surface area contributed by atoms with E-state index in [1.165, 1.54) is 0 Å². The van der Waals surface area contributed by atoms with Gasteiger partial charge in [-0.1, -0.05) is 18.2 Å². The highest BCUT2D eigenvalue weighted by atomic mass is 32.2. The fourth-order valence-corrected chi connectivity index (χ4v) is 2.26. The topological polar surface area (TPSA) is 46.7 Å². The van der Waals surface area contributed by atoms with Crippen molar-refractivity contribution in [1.82, 2.24) is 0 Å². The lowest BCUT2D eigenvalue weighted by molar-refractivity contribution is 0.445. The molecule has 1 saturated heterocycles. The van der Waals surface area contributed by atoms with Gasteiger partial charge in [-0.05, 0) is 12.1 Å². The average Bonchev–Trinajstić information content (AvgIpc) is 2.88. The Morgan fingerprint density at radius 1 is 1.25 bits per heavy atom. The van der Waals surface area contributed by atoms with Crippen molar-refractivity contribution in [2.75, 3.05) is 6.61 Å². The van der Waals surface area contributed by atoms with Crippen molar-refractivity contribution < 1.29 is 13.2 Å². The van der Waals surface area contributed by atoms with Gasteiger partial charge in [-0.2, -0.15) is 0 Å². The Morgan fingerprint density at radius 3 is 2.33 bits per heavy atom. The maximum Gasteiger partial charge on any atom is 0.207 e. The molecule has 0 aliphatic carbocycles. The second-order valence-corrected chi connectivity index (χ2v) is 4.71. The van der Waals surface area contributed by atoms with Crippen LogP contribution in [-0.4, -0.2) is 20.5 Å². The Morgan fingerprint density at radius 2 is 1.83 bits per heavy atom. The summed E-state index contributed by atoms with van der Waals surface area (Å²) >= 11 is 0. The minimum Gasteiger partial charge on any atom is -0.356 e. The maximum atomic E-state index is 11.5. The van der Waals surface area contributed by atoms with E-state index in [1.807, 2.05) is 0 Å². The minimum atomic E-state index is -3.19. The minimum absolute atomic E-state index is 0.331. The fourth-order valence-electron chi connectivity index (χ4n) is 0.980. The van der Waals surface area contributed by atoms with Gasteiger partial charge in [0.15, 0.2) is 5.44 Å². The van der Waals surface area contributed by atoms with Crippen LogP contribution in [0, 0.1) is 0 Å². The Kier molecular flexibility index (Phi) is 1.66. The molecule has 3 nitrogen and oxygen atoms in total. The number of rotatable bonds is 2. The van der Waals surface area contributed by atoms with Crippen LogP contribution in [0.1, 0.15) is 0 Å². The number of hydrogen-bond donors (Lipinski definition) is 0. The standard InChI is InChI=1S/C8H8O3S/c9-12(10,8-6-11-8)7-4-2-1-3-5-7/h1-5,8H,6H2/t8-/m0/s1. The van der Waals surface area contributed by atoms with Gasteiger partial charge >= 0.3 is 0 Å². The number of hydrogen-bond acceptors (Lipinski definition) is 3. The highest BCUT2D eigenvalue weighted by Gasteiger charge is 2.38. The lowest BCUT2D eigenvalue weighted by Crippen LogP contribution is -2.07. The van der Waals surface area contributed by atoms with E-state index in [0.29, 0.717) is 11.5 Å². The summed E-state index contributed by atoms with van der Waals surface area (Å²) < 4.78 is 27.7. The summed E-state index contributed by atoms with van der Waals surface area (Å²) in [5.74, 6) is 0. The van der Waals surface area contributed by atoms with Crippen LogP contribution in [0.5, 0.6) is 0 Å². The largest absolute Gasteiger partial charge is 0.356 e. The van der Waals surface area contributed by atoms with E-state index in [9.17, 15) is 8.42 Å². The normalized spacial score (nSPS) is 22.2. The van der Waals surface area contributed by atoms with Crippen LogP contribution in [-0.2, 0) is 14.6 Å². The van der Waals surface area contributed by atoms with Gasteiger partial charge in [-0.15, -0.1) is 0 Å². The average molecular weight is 184 g/mol. The number of ether oxygens (including phenoxy) is 1. The zero-order chi connectivity index (χ0) is 8.60. The lowest BCUT2D eigenvalue weighted by atomic mass is 10.4. The van der Waals surface area contributed by atoms with Crippen molar-refractivity contribution >= 4 is 9.84 Å². The fraction of sp³-hybridized carbons (Fsp3) is 0.250. The highest BCUT2D eigenvalue weighted by Crippen LogP contribution is 2.24. The van der Waals surface area contributed by atoms with Gasteiger partial charge in [0.1, 0.15) is 0 Å². The smallest absolute Gasteiger partial charge is 0.207 e. The van der Waals surface area contributed by atoms with Gasteiger partial charge in [-0.25, -0.2) is 8.42 Å². The molecule has 0 spiro atoms. The Bertz CT molecular complexity index is 365. The molecule has 0 aromatic heterocycles. The molecule has 1 aliphatic heterocycles. The predicted molar refractivity (Wildman–Crippen MR) is 43.4 cm³/mol. The summed E-state index contributed by atoms with van der Waals surface area (Å²) in [7, 11) is -3.19. The molecule has 4 heteroatoms. The van der Waals surface area contributed by atoms with E-state index < -0.39 is 15.3 Å². The van der Waals surface area contributed by atoms with Crippen molar-refractivity contribution in [3.05, 3.63) is 30.3 Å². The van der Waals surface area contributed by atoms with Crippen LogP contribution in [0.4, 0.5) is 0 Å². The summed E-state index contributed by atoms with van der Waals surface area (Å²) in [5, 5.41) is 0. The van der Waals surface area contributed by atoms with Gasteiger partial charge in [-0.3, -0.25) is 0 Å². The SMILES string of the molecule is O=S(=O)(c1ccccc1)[C@H]1CO1. The van der Waals surface area contributed by atoms with E-state index in [-0.39, 0.29) is 0 Å². The first-order valence-corrected chi connectivity index (χ1v) is 5.16. The first-order valence-electron chi connectivity index (χ1n) is 3.62. The molecule has 0 radical (unpaired) electrons. The second-order valence-electron chi connectivity index (χ2n) is 2.62. The van der Waals surface area contributed by atoms with Crippen LogP contribution < -0.4 is 0 Å². The molecule has 0 saturated carbocycles. The summed E-state index contributed by atoms with van der Waals surface area (Å²) in [6.07, 6.45) is 0. The summed E-state index contributed by atoms with van der Waals surface area (Å²) in [6.45, 7) is 0.331. The van der Waals surface area contributed by atoms with Crippen LogP contribution >= 0.6 is 0 Å². The molecule has 0 N–H and O–H groups in total. The van der Waals surface area contributed by atoms with E-state index in [0.717, 1.165) is 0 Å². The summed E-state index contributed by atoms with van der Waals surface area (Å²) in [6, 6.07) is 8.35. The monoisotopic (exact) mass is 184 g/mol. The molecule has 64 valence electrons. The van der Waals surface area contributed by atoms with Gasteiger partial charge in [0.05, 0.1) is 11.5 Å². The van der Waals surface area contributed by atoms with E-state index in [4.69, 9.17) is 4.74 Å². The molecule has 0 unspecified atom stereocenters. The van der Waals surface area contributed by atoms with E-state index >= 15 is 0 Å². The second kappa shape index (κ2) is 2.57. The lowest BCUT2D eigenvalue weighted by Gasteiger charge is -1.98.